The predicted molar refractivity (Wildman–Crippen MR) is 142 cm³/mol. The van der Waals surface area contributed by atoms with Gasteiger partial charge in [0.2, 0.25) is 11.8 Å². The van der Waals surface area contributed by atoms with Gasteiger partial charge in [-0.1, -0.05) is 0 Å². The standard InChI is InChI=1S/C28H37N5O6/c1-28(2,3)39-27(38)32-14-12-30(13-15-32)17-18-8-10-31(11-9-18)19-4-5-20-21(16-19)26(37)33(25(20)36)22-6-7-23(34)29-24(22)35/h4-5,16,18,22H,6-15,17H2,1-3H3,(H,29,34,35). The van der Waals surface area contributed by atoms with Crippen LogP contribution in [0.25, 0.3) is 0 Å². The van der Waals surface area contributed by atoms with Crippen LogP contribution in [0.15, 0.2) is 18.2 Å². The van der Waals surface area contributed by atoms with Gasteiger partial charge in [0, 0.05) is 57.9 Å². The lowest BCUT2D eigenvalue weighted by atomic mass is 9.95. The fourth-order valence-electron chi connectivity index (χ4n) is 5.83. The lowest BCUT2D eigenvalue weighted by Crippen LogP contribution is -2.54. The molecule has 3 fully saturated rings. The maximum Gasteiger partial charge on any atom is 0.410 e. The van der Waals surface area contributed by atoms with Gasteiger partial charge in [-0.05, 0) is 64.2 Å². The molecule has 11 nitrogen and oxygen atoms in total. The molecular formula is C28H37N5O6. The molecule has 4 aliphatic heterocycles. The van der Waals surface area contributed by atoms with Crippen molar-refractivity contribution in [2.24, 2.45) is 5.92 Å². The number of nitrogens with zero attached hydrogens (tertiary/aromatic N) is 4. The number of carbonyl (C=O) groups excluding carboxylic acids is 5. The van der Waals surface area contributed by atoms with E-state index in [1.54, 1.807) is 17.0 Å². The first kappa shape index (κ1) is 27.1. The van der Waals surface area contributed by atoms with Gasteiger partial charge in [-0.2, -0.15) is 0 Å². The Kier molecular flexibility index (Phi) is 7.37. The van der Waals surface area contributed by atoms with Crippen molar-refractivity contribution in [3.8, 4) is 0 Å². The van der Waals surface area contributed by atoms with Crippen molar-refractivity contribution in [2.75, 3.05) is 50.7 Å². The third-order valence-corrected chi connectivity index (χ3v) is 7.94. The molecule has 0 radical (unpaired) electrons. The summed E-state index contributed by atoms with van der Waals surface area (Å²) in [6, 6.07) is 4.35. The fourth-order valence-corrected chi connectivity index (χ4v) is 5.83. The van der Waals surface area contributed by atoms with Crippen LogP contribution in [0.5, 0.6) is 0 Å². The molecule has 0 aliphatic carbocycles. The quantitative estimate of drug-likeness (QED) is 0.576. The molecule has 1 atom stereocenters. The van der Waals surface area contributed by atoms with Gasteiger partial charge in [0.1, 0.15) is 11.6 Å². The zero-order valence-corrected chi connectivity index (χ0v) is 22.9. The summed E-state index contributed by atoms with van der Waals surface area (Å²) in [5.74, 6) is -1.40. The van der Waals surface area contributed by atoms with E-state index in [9.17, 15) is 24.0 Å². The normalized spacial score (nSPS) is 23.3. The van der Waals surface area contributed by atoms with Crippen LogP contribution in [0.3, 0.4) is 0 Å². The van der Waals surface area contributed by atoms with E-state index < -0.39 is 29.4 Å². The number of piperazine rings is 1. The molecule has 0 aromatic heterocycles. The molecule has 0 bridgehead atoms. The number of fused-ring (bicyclic) bond motifs is 1. The van der Waals surface area contributed by atoms with Crippen LogP contribution < -0.4 is 10.2 Å². The van der Waals surface area contributed by atoms with Crippen molar-refractivity contribution in [3.63, 3.8) is 0 Å². The Hall–Kier alpha value is -3.47. The summed E-state index contributed by atoms with van der Waals surface area (Å²) in [7, 11) is 0. The zero-order valence-electron chi connectivity index (χ0n) is 22.9. The second-order valence-electron chi connectivity index (χ2n) is 11.9. The van der Waals surface area contributed by atoms with Crippen molar-refractivity contribution in [1.82, 2.24) is 20.0 Å². The Balaban J connectivity index is 1.13. The van der Waals surface area contributed by atoms with Gasteiger partial charge in [0.25, 0.3) is 11.8 Å². The summed E-state index contributed by atoms with van der Waals surface area (Å²) in [5.41, 5.74) is 1.02. The van der Waals surface area contributed by atoms with E-state index in [2.05, 4.69) is 15.1 Å². The molecule has 0 saturated carbocycles. The highest BCUT2D eigenvalue weighted by Crippen LogP contribution is 2.32. The smallest absolute Gasteiger partial charge is 0.410 e. The molecule has 4 heterocycles. The molecule has 210 valence electrons. The second kappa shape index (κ2) is 10.6. The monoisotopic (exact) mass is 539 g/mol. The van der Waals surface area contributed by atoms with Gasteiger partial charge in [-0.3, -0.25) is 34.3 Å². The van der Waals surface area contributed by atoms with E-state index in [0.29, 0.717) is 30.1 Å². The van der Waals surface area contributed by atoms with Gasteiger partial charge < -0.3 is 14.5 Å². The molecule has 1 aromatic carbocycles. The van der Waals surface area contributed by atoms with E-state index in [1.165, 1.54) is 0 Å². The number of hydrogen-bond acceptors (Lipinski definition) is 8. The Bertz CT molecular complexity index is 1180. The molecule has 1 N–H and O–H groups in total. The van der Waals surface area contributed by atoms with Crippen molar-refractivity contribution in [2.45, 2.75) is 58.1 Å². The molecular weight excluding hydrogens is 502 g/mol. The lowest BCUT2D eigenvalue weighted by Gasteiger charge is -2.39. The number of anilines is 1. The van der Waals surface area contributed by atoms with E-state index in [4.69, 9.17) is 4.74 Å². The minimum Gasteiger partial charge on any atom is -0.444 e. The average Bonchev–Trinajstić information content (AvgIpc) is 3.13. The van der Waals surface area contributed by atoms with Gasteiger partial charge >= 0.3 is 6.09 Å². The van der Waals surface area contributed by atoms with E-state index >= 15 is 0 Å². The third-order valence-electron chi connectivity index (χ3n) is 7.94. The van der Waals surface area contributed by atoms with Crippen LogP contribution in [-0.4, -0.2) is 102 Å². The number of piperidine rings is 2. The number of ether oxygens (including phenoxy) is 1. The van der Waals surface area contributed by atoms with E-state index in [-0.39, 0.29) is 24.8 Å². The Morgan fingerprint density at radius 3 is 2.23 bits per heavy atom. The first-order valence-electron chi connectivity index (χ1n) is 13.8. The Labute approximate surface area is 228 Å². The van der Waals surface area contributed by atoms with Gasteiger partial charge in [0.05, 0.1) is 11.1 Å². The highest BCUT2D eigenvalue weighted by molar-refractivity contribution is 6.23. The first-order chi connectivity index (χ1) is 18.5. The second-order valence-corrected chi connectivity index (χ2v) is 11.9. The van der Waals surface area contributed by atoms with Crippen molar-refractivity contribution < 1.29 is 28.7 Å². The third kappa shape index (κ3) is 5.78. The number of imide groups is 2. The zero-order chi connectivity index (χ0) is 27.9. The molecule has 5 amide bonds. The van der Waals surface area contributed by atoms with Crippen LogP contribution in [-0.2, 0) is 14.3 Å². The summed E-state index contributed by atoms with van der Waals surface area (Å²) in [5, 5.41) is 2.23. The lowest BCUT2D eigenvalue weighted by molar-refractivity contribution is -0.136. The fraction of sp³-hybridized carbons (Fsp3) is 0.607. The van der Waals surface area contributed by atoms with Crippen LogP contribution in [0.4, 0.5) is 10.5 Å². The highest BCUT2D eigenvalue weighted by Gasteiger charge is 2.44. The number of carbonyl (C=O) groups is 5. The van der Waals surface area contributed by atoms with Crippen LogP contribution in [0.1, 0.15) is 67.2 Å². The summed E-state index contributed by atoms with van der Waals surface area (Å²) in [6.07, 6.45) is 2.03. The van der Waals surface area contributed by atoms with Gasteiger partial charge in [0.15, 0.2) is 0 Å². The number of rotatable bonds is 4. The molecule has 4 aliphatic rings. The molecule has 1 aromatic rings. The molecule has 1 unspecified atom stereocenters. The summed E-state index contributed by atoms with van der Waals surface area (Å²) in [4.78, 5) is 69.7. The van der Waals surface area contributed by atoms with Crippen molar-refractivity contribution in [3.05, 3.63) is 29.3 Å². The summed E-state index contributed by atoms with van der Waals surface area (Å²) >= 11 is 0. The molecule has 5 rings (SSSR count). The van der Waals surface area contributed by atoms with Crippen LogP contribution >= 0.6 is 0 Å². The minimum absolute atomic E-state index is 0.101. The number of hydrogen-bond donors (Lipinski definition) is 1. The number of nitrogens with one attached hydrogen (secondary N) is 1. The maximum absolute atomic E-state index is 13.2. The Morgan fingerprint density at radius 2 is 1.59 bits per heavy atom. The number of benzene rings is 1. The Morgan fingerprint density at radius 1 is 0.923 bits per heavy atom. The van der Waals surface area contributed by atoms with E-state index in [1.807, 2.05) is 26.8 Å². The minimum atomic E-state index is -0.958. The van der Waals surface area contributed by atoms with Crippen LogP contribution in [0, 0.1) is 5.92 Å². The van der Waals surface area contributed by atoms with E-state index in [0.717, 1.165) is 56.2 Å². The summed E-state index contributed by atoms with van der Waals surface area (Å²) < 4.78 is 5.49. The first-order valence-corrected chi connectivity index (χ1v) is 13.8. The summed E-state index contributed by atoms with van der Waals surface area (Å²) in [6.45, 7) is 11.3. The molecule has 11 heteroatoms. The van der Waals surface area contributed by atoms with Gasteiger partial charge in [-0.25, -0.2) is 4.79 Å². The molecule has 0 spiro atoms. The van der Waals surface area contributed by atoms with Gasteiger partial charge in [-0.15, -0.1) is 0 Å². The van der Waals surface area contributed by atoms with Crippen molar-refractivity contribution >= 4 is 35.4 Å². The SMILES string of the molecule is CC(C)(C)OC(=O)N1CCN(CC2CCN(c3ccc4c(c3)C(=O)N(C3CCC(=O)NC3=O)C4=O)CC2)CC1. The molecule has 39 heavy (non-hydrogen) atoms. The predicted octanol–water partition coefficient (Wildman–Crippen LogP) is 1.86. The largest absolute Gasteiger partial charge is 0.444 e. The van der Waals surface area contributed by atoms with Crippen LogP contribution in [0.2, 0.25) is 0 Å². The molecule has 3 saturated heterocycles. The van der Waals surface area contributed by atoms with Crippen molar-refractivity contribution in [1.29, 1.82) is 0 Å². The average molecular weight is 540 g/mol. The highest BCUT2D eigenvalue weighted by atomic mass is 16.6. The maximum atomic E-state index is 13.2. The number of amides is 5. The topological polar surface area (TPSA) is 120 Å².